The van der Waals surface area contributed by atoms with Crippen LogP contribution in [0.1, 0.15) is 18.1 Å². The van der Waals surface area contributed by atoms with Gasteiger partial charge < -0.3 is 4.74 Å². The third-order valence-corrected chi connectivity index (χ3v) is 4.60. The summed E-state index contributed by atoms with van der Waals surface area (Å²) in [6.07, 6.45) is 0. The first-order valence-electron chi connectivity index (χ1n) is 6.71. The molecule has 0 amide bonds. The average molecular weight is 319 g/mol. The highest BCUT2D eigenvalue weighted by atomic mass is 35.5. The highest BCUT2D eigenvalue weighted by molar-refractivity contribution is 8.03. The number of aryl methyl sites for hydroxylation is 1. The van der Waals surface area contributed by atoms with Crippen molar-refractivity contribution in [2.24, 2.45) is 0 Å². The number of hydrogen-bond donors (Lipinski definition) is 0. The molecule has 1 nitrogen and oxygen atoms in total. The number of hydrogen-bond acceptors (Lipinski definition) is 2. The standard InChI is InChI=1S/C18H19ClOS/c1-11(2)21-17-9-8-16(20-5)18(13(17)4)14-7-6-12(3)10-15(14)19/h6-10H,1H2,2-5H3. The van der Waals surface area contributed by atoms with E-state index >= 15 is 0 Å². The zero-order chi connectivity index (χ0) is 15.6. The fourth-order valence-electron chi connectivity index (χ4n) is 2.29. The van der Waals surface area contributed by atoms with Gasteiger partial charge in [-0.15, -0.1) is 0 Å². The molecule has 0 unspecified atom stereocenters. The van der Waals surface area contributed by atoms with Crippen molar-refractivity contribution in [1.29, 1.82) is 0 Å². The first-order valence-corrected chi connectivity index (χ1v) is 7.91. The summed E-state index contributed by atoms with van der Waals surface area (Å²) in [4.78, 5) is 2.24. The zero-order valence-corrected chi connectivity index (χ0v) is 14.4. The van der Waals surface area contributed by atoms with Crippen LogP contribution in [0.3, 0.4) is 0 Å². The maximum absolute atomic E-state index is 6.44. The maximum Gasteiger partial charge on any atom is 0.127 e. The normalized spacial score (nSPS) is 10.5. The van der Waals surface area contributed by atoms with E-state index in [1.807, 2.05) is 26.0 Å². The lowest BCUT2D eigenvalue weighted by Gasteiger charge is -2.17. The van der Waals surface area contributed by atoms with Crippen LogP contribution < -0.4 is 4.74 Å². The quantitative estimate of drug-likeness (QED) is 0.615. The van der Waals surface area contributed by atoms with Gasteiger partial charge >= 0.3 is 0 Å². The molecule has 3 heteroatoms. The molecule has 21 heavy (non-hydrogen) atoms. The number of halogens is 1. The summed E-state index contributed by atoms with van der Waals surface area (Å²) in [5.74, 6) is 0.837. The molecule has 0 atom stereocenters. The fraction of sp³-hybridized carbons (Fsp3) is 0.222. The molecule has 0 fully saturated rings. The van der Waals surface area contributed by atoms with E-state index in [2.05, 4.69) is 31.7 Å². The molecule has 0 saturated carbocycles. The molecule has 0 aliphatic heterocycles. The fourth-order valence-corrected chi connectivity index (χ4v) is 3.39. The Kier molecular flexibility index (Phi) is 5.02. The van der Waals surface area contributed by atoms with Crippen molar-refractivity contribution in [3.8, 4) is 16.9 Å². The molecule has 2 aromatic carbocycles. The molecule has 0 radical (unpaired) electrons. The molecular formula is C18H19ClOS. The molecule has 0 aromatic heterocycles. The van der Waals surface area contributed by atoms with Crippen molar-refractivity contribution in [1.82, 2.24) is 0 Å². The Labute approximate surface area is 136 Å². The summed E-state index contributed by atoms with van der Waals surface area (Å²) in [6, 6.07) is 10.2. The summed E-state index contributed by atoms with van der Waals surface area (Å²) < 4.78 is 5.54. The van der Waals surface area contributed by atoms with Crippen LogP contribution in [0.5, 0.6) is 5.75 Å². The number of methoxy groups -OCH3 is 1. The van der Waals surface area contributed by atoms with Gasteiger partial charge in [-0.2, -0.15) is 0 Å². The Bertz CT molecular complexity index is 692. The molecule has 0 N–H and O–H groups in total. The van der Waals surface area contributed by atoms with Crippen molar-refractivity contribution in [2.45, 2.75) is 25.7 Å². The van der Waals surface area contributed by atoms with Gasteiger partial charge in [0.25, 0.3) is 0 Å². The first kappa shape index (κ1) is 16.0. The molecule has 2 rings (SSSR count). The van der Waals surface area contributed by atoms with Gasteiger partial charge in [0.1, 0.15) is 5.75 Å². The van der Waals surface area contributed by atoms with Crippen LogP contribution in [0.2, 0.25) is 5.02 Å². The predicted molar refractivity (Wildman–Crippen MR) is 93.6 cm³/mol. The minimum atomic E-state index is 0.744. The van der Waals surface area contributed by atoms with Gasteiger partial charge in [-0.25, -0.2) is 0 Å². The molecular weight excluding hydrogens is 300 g/mol. The van der Waals surface area contributed by atoms with Gasteiger partial charge in [-0.1, -0.05) is 42.1 Å². The van der Waals surface area contributed by atoms with Crippen LogP contribution in [0, 0.1) is 13.8 Å². The summed E-state index contributed by atoms with van der Waals surface area (Å²) in [5, 5.41) is 0.744. The number of ether oxygens (including phenoxy) is 1. The van der Waals surface area contributed by atoms with E-state index in [1.165, 1.54) is 4.90 Å². The monoisotopic (exact) mass is 318 g/mol. The van der Waals surface area contributed by atoms with E-state index in [1.54, 1.807) is 18.9 Å². The molecule has 2 aromatic rings. The first-order chi connectivity index (χ1) is 9.93. The van der Waals surface area contributed by atoms with Crippen LogP contribution in [-0.4, -0.2) is 7.11 Å². The van der Waals surface area contributed by atoms with Crippen molar-refractivity contribution in [3.05, 3.63) is 58.0 Å². The number of thioether (sulfide) groups is 1. The van der Waals surface area contributed by atoms with Crippen LogP contribution in [0.15, 0.2) is 46.7 Å². The zero-order valence-electron chi connectivity index (χ0n) is 12.8. The Morgan fingerprint density at radius 2 is 1.90 bits per heavy atom. The van der Waals surface area contributed by atoms with Gasteiger partial charge in [0.15, 0.2) is 0 Å². The summed E-state index contributed by atoms with van der Waals surface area (Å²) in [7, 11) is 1.69. The topological polar surface area (TPSA) is 9.23 Å². The van der Waals surface area contributed by atoms with Crippen molar-refractivity contribution in [3.63, 3.8) is 0 Å². The molecule has 0 bridgehead atoms. The van der Waals surface area contributed by atoms with Crippen LogP contribution in [0.25, 0.3) is 11.1 Å². The number of rotatable bonds is 4. The minimum absolute atomic E-state index is 0.744. The van der Waals surface area contributed by atoms with E-state index < -0.39 is 0 Å². The molecule has 0 heterocycles. The third-order valence-electron chi connectivity index (χ3n) is 3.28. The van der Waals surface area contributed by atoms with Crippen LogP contribution in [-0.2, 0) is 0 Å². The van der Waals surface area contributed by atoms with Crippen molar-refractivity contribution in [2.75, 3.05) is 7.11 Å². The van der Waals surface area contributed by atoms with Gasteiger partial charge in [0.05, 0.1) is 7.11 Å². The lowest BCUT2D eigenvalue weighted by molar-refractivity contribution is 0.416. The van der Waals surface area contributed by atoms with Gasteiger partial charge in [-0.3, -0.25) is 0 Å². The van der Waals surface area contributed by atoms with E-state index in [9.17, 15) is 0 Å². The Balaban J connectivity index is 2.67. The van der Waals surface area contributed by atoms with Gasteiger partial charge in [0.2, 0.25) is 0 Å². The Morgan fingerprint density at radius 3 is 2.48 bits per heavy atom. The summed E-state index contributed by atoms with van der Waals surface area (Å²) >= 11 is 8.11. The molecule has 110 valence electrons. The van der Waals surface area contributed by atoms with Crippen molar-refractivity contribution >= 4 is 23.4 Å². The van der Waals surface area contributed by atoms with E-state index in [-0.39, 0.29) is 0 Å². The molecule has 0 aliphatic carbocycles. The summed E-state index contributed by atoms with van der Waals surface area (Å²) in [6.45, 7) is 10.1. The molecule has 0 aliphatic rings. The van der Waals surface area contributed by atoms with Gasteiger partial charge in [0, 0.05) is 21.0 Å². The van der Waals surface area contributed by atoms with E-state index in [0.29, 0.717) is 0 Å². The average Bonchev–Trinajstić information content (AvgIpc) is 2.41. The van der Waals surface area contributed by atoms with Crippen LogP contribution in [0.4, 0.5) is 0 Å². The second kappa shape index (κ2) is 6.59. The smallest absolute Gasteiger partial charge is 0.127 e. The predicted octanol–water partition coefficient (Wildman–Crippen LogP) is 6.26. The SMILES string of the molecule is C=C(C)Sc1ccc(OC)c(-c2ccc(C)cc2Cl)c1C. The second-order valence-corrected chi connectivity index (χ2v) is 6.80. The Morgan fingerprint density at radius 1 is 1.19 bits per heavy atom. The molecule has 0 saturated heterocycles. The van der Waals surface area contributed by atoms with E-state index in [4.69, 9.17) is 16.3 Å². The van der Waals surface area contributed by atoms with Crippen LogP contribution >= 0.6 is 23.4 Å². The summed E-state index contributed by atoms with van der Waals surface area (Å²) in [5.41, 5.74) is 4.36. The van der Waals surface area contributed by atoms with Crippen molar-refractivity contribution < 1.29 is 4.74 Å². The highest BCUT2D eigenvalue weighted by Gasteiger charge is 2.15. The Hall–Kier alpha value is -1.38. The minimum Gasteiger partial charge on any atom is -0.496 e. The second-order valence-electron chi connectivity index (χ2n) is 5.05. The lowest BCUT2D eigenvalue weighted by atomic mass is 9.98. The van der Waals surface area contributed by atoms with E-state index in [0.717, 1.165) is 37.9 Å². The maximum atomic E-state index is 6.44. The number of allylic oxidation sites excluding steroid dienone is 1. The highest BCUT2D eigenvalue weighted by Crippen LogP contribution is 2.42. The largest absolute Gasteiger partial charge is 0.496 e. The number of benzene rings is 2. The third kappa shape index (κ3) is 3.45. The molecule has 0 spiro atoms. The van der Waals surface area contributed by atoms with Gasteiger partial charge in [-0.05, 0) is 55.0 Å². The lowest BCUT2D eigenvalue weighted by Crippen LogP contribution is -1.94.